The van der Waals surface area contributed by atoms with E-state index in [0.29, 0.717) is 0 Å². The minimum Gasteiger partial charge on any atom is -0.351 e. The van der Waals surface area contributed by atoms with E-state index in [1.807, 2.05) is 36.4 Å². The maximum Gasteiger partial charge on any atom is 0.244 e. The third-order valence-electron chi connectivity index (χ3n) is 5.16. The summed E-state index contributed by atoms with van der Waals surface area (Å²) < 4.78 is 0. The molecule has 1 atom stereocenters. The van der Waals surface area contributed by atoms with Gasteiger partial charge in [0.1, 0.15) is 6.04 Å². The topological polar surface area (TPSA) is 61.4 Å². The van der Waals surface area contributed by atoms with E-state index < -0.39 is 6.04 Å². The maximum absolute atomic E-state index is 12.4. The number of rotatable bonds is 7. The Morgan fingerprint density at radius 2 is 1.66 bits per heavy atom. The lowest BCUT2D eigenvalue weighted by Crippen LogP contribution is -2.50. The van der Waals surface area contributed by atoms with E-state index in [-0.39, 0.29) is 17.9 Å². The van der Waals surface area contributed by atoms with Crippen LogP contribution in [-0.4, -0.2) is 41.9 Å². The molecule has 1 aliphatic rings. The minimum atomic E-state index is -0.565. The number of nitrogens with zero attached hydrogens (tertiary/aromatic N) is 1. The lowest BCUT2D eigenvalue weighted by Gasteiger charge is -2.32. The second kappa shape index (κ2) is 10.6. The molecular formula is C24H29N3O2. The number of piperidine rings is 1. The summed E-state index contributed by atoms with van der Waals surface area (Å²) in [5.74, 6) is -0.401. The van der Waals surface area contributed by atoms with E-state index in [0.717, 1.165) is 38.0 Å². The number of nitrogens with one attached hydrogen (secondary N) is 2. The fourth-order valence-electron chi connectivity index (χ4n) is 3.47. The zero-order chi connectivity index (χ0) is 20.5. The highest BCUT2D eigenvalue weighted by molar-refractivity contribution is 5.95. The first-order valence-corrected chi connectivity index (χ1v) is 10.2. The molecule has 0 aliphatic carbocycles. The Labute approximate surface area is 172 Å². The monoisotopic (exact) mass is 391 g/mol. The van der Waals surface area contributed by atoms with Crippen LogP contribution >= 0.6 is 0 Å². The highest BCUT2D eigenvalue weighted by Gasteiger charge is 2.23. The smallest absolute Gasteiger partial charge is 0.244 e. The van der Waals surface area contributed by atoms with E-state index in [1.54, 1.807) is 13.0 Å². The van der Waals surface area contributed by atoms with Gasteiger partial charge in [-0.25, -0.2) is 0 Å². The lowest BCUT2D eigenvalue weighted by molar-refractivity contribution is -0.127. The van der Waals surface area contributed by atoms with Crippen molar-refractivity contribution in [2.45, 2.75) is 38.4 Å². The third kappa shape index (κ3) is 6.88. The first-order chi connectivity index (χ1) is 14.1. The molecule has 2 aromatic carbocycles. The van der Waals surface area contributed by atoms with Crippen LogP contribution in [0.3, 0.4) is 0 Å². The quantitative estimate of drug-likeness (QED) is 0.714. The molecule has 3 rings (SSSR count). The predicted molar refractivity (Wildman–Crippen MR) is 116 cm³/mol. The molecule has 0 saturated carbocycles. The fraction of sp³-hybridized carbons (Fsp3) is 0.333. The van der Waals surface area contributed by atoms with Crippen molar-refractivity contribution in [1.29, 1.82) is 0 Å². The molecule has 5 nitrogen and oxygen atoms in total. The van der Waals surface area contributed by atoms with Crippen LogP contribution in [0, 0.1) is 0 Å². The Morgan fingerprint density at radius 1 is 1.03 bits per heavy atom. The van der Waals surface area contributed by atoms with E-state index >= 15 is 0 Å². The summed E-state index contributed by atoms with van der Waals surface area (Å²) in [5, 5.41) is 5.81. The molecular weight excluding hydrogens is 362 g/mol. The molecule has 0 radical (unpaired) electrons. The van der Waals surface area contributed by atoms with Crippen molar-refractivity contribution in [3.05, 3.63) is 77.9 Å². The van der Waals surface area contributed by atoms with Gasteiger partial charge in [0.2, 0.25) is 11.8 Å². The van der Waals surface area contributed by atoms with Gasteiger partial charge in [-0.15, -0.1) is 0 Å². The van der Waals surface area contributed by atoms with Crippen LogP contribution in [0.15, 0.2) is 66.7 Å². The van der Waals surface area contributed by atoms with Gasteiger partial charge < -0.3 is 10.6 Å². The van der Waals surface area contributed by atoms with Crippen LogP contribution in [0.1, 0.15) is 30.9 Å². The van der Waals surface area contributed by atoms with Gasteiger partial charge in [-0.1, -0.05) is 60.7 Å². The van der Waals surface area contributed by atoms with Crippen LogP contribution in [0.25, 0.3) is 6.08 Å². The summed E-state index contributed by atoms with van der Waals surface area (Å²) in [6.45, 7) is 4.58. The van der Waals surface area contributed by atoms with Crippen LogP contribution in [0.5, 0.6) is 0 Å². The Bertz CT molecular complexity index is 813. The second-order valence-corrected chi connectivity index (χ2v) is 7.52. The van der Waals surface area contributed by atoms with Gasteiger partial charge in [0.15, 0.2) is 0 Å². The van der Waals surface area contributed by atoms with Gasteiger partial charge in [-0.2, -0.15) is 0 Å². The highest BCUT2D eigenvalue weighted by atomic mass is 16.2. The van der Waals surface area contributed by atoms with Crippen molar-refractivity contribution >= 4 is 17.9 Å². The number of carbonyl (C=O) groups is 2. The molecule has 0 aromatic heterocycles. The molecule has 0 unspecified atom stereocenters. The molecule has 5 heteroatoms. The van der Waals surface area contributed by atoms with Crippen molar-refractivity contribution in [1.82, 2.24) is 15.5 Å². The van der Waals surface area contributed by atoms with Crippen LogP contribution in [0.4, 0.5) is 0 Å². The molecule has 152 valence electrons. The van der Waals surface area contributed by atoms with E-state index in [9.17, 15) is 9.59 Å². The van der Waals surface area contributed by atoms with E-state index in [4.69, 9.17) is 0 Å². The molecule has 1 saturated heterocycles. The minimum absolute atomic E-state index is 0.132. The number of amides is 2. The second-order valence-electron chi connectivity index (χ2n) is 7.52. The maximum atomic E-state index is 12.4. The lowest BCUT2D eigenvalue weighted by atomic mass is 10.0. The first-order valence-electron chi connectivity index (χ1n) is 10.2. The van der Waals surface area contributed by atoms with Gasteiger partial charge in [0, 0.05) is 31.8 Å². The molecule has 1 aliphatic heterocycles. The van der Waals surface area contributed by atoms with Crippen LogP contribution in [-0.2, 0) is 16.1 Å². The SMILES string of the molecule is C[C@@H](NC(=O)/C=C\c1ccccc1)C(=O)NC1CCN(Cc2ccccc2)CC1. The third-order valence-corrected chi connectivity index (χ3v) is 5.16. The summed E-state index contributed by atoms with van der Waals surface area (Å²) in [5.41, 5.74) is 2.26. The Kier molecular flexibility index (Phi) is 7.59. The average molecular weight is 392 g/mol. The molecule has 2 aromatic rings. The van der Waals surface area contributed by atoms with Gasteiger partial charge in [0.05, 0.1) is 0 Å². The summed E-state index contributed by atoms with van der Waals surface area (Å²) in [6, 6.07) is 19.6. The van der Waals surface area contributed by atoms with Crippen LogP contribution in [0.2, 0.25) is 0 Å². The first kappa shape index (κ1) is 20.8. The average Bonchev–Trinajstić information content (AvgIpc) is 2.75. The normalized spacial score (nSPS) is 16.4. The van der Waals surface area contributed by atoms with Crippen molar-refractivity contribution in [2.24, 2.45) is 0 Å². The largest absolute Gasteiger partial charge is 0.351 e. The molecule has 0 spiro atoms. The van der Waals surface area contributed by atoms with Crippen molar-refractivity contribution in [3.63, 3.8) is 0 Å². The summed E-state index contributed by atoms with van der Waals surface area (Å²) >= 11 is 0. The van der Waals surface area contributed by atoms with Crippen LogP contribution < -0.4 is 10.6 Å². The molecule has 29 heavy (non-hydrogen) atoms. The Hall–Kier alpha value is -2.92. The standard InChI is InChI=1S/C24H29N3O2/c1-19(25-23(28)13-12-20-8-4-2-5-9-20)24(29)26-22-14-16-27(17-15-22)18-21-10-6-3-7-11-21/h2-13,19,22H,14-18H2,1H3,(H,25,28)(H,26,29)/b13-12-/t19-/m1/s1. The summed E-state index contributed by atoms with van der Waals surface area (Å²) in [7, 11) is 0. The molecule has 0 bridgehead atoms. The molecule has 1 fully saturated rings. The fourth-order valence-corrected chi connectivity index (χ4v) is 3.47. The number of hydrogen-bond acceptors (Lipinski definition) is 3. The Balaban J connectivity index is 1.38. The number of carbonyl (C=O) groups excluding carboxylic acids is 2. The van der Waals surface area contributed by atoms with Crippen molar-refractivity contribution in [2.75, 3.05) is 13.1 Å². The highest BCUT2D eigenvalue weighted by Crippen LogP contribution is 2.14. The number of benzene rings is 2. The molecule has 2 amide bonds. The Morgan fingerprint density at radius 3 is 2.31 bits per heavy atom. The number of hydrogen-bond donors (Lipinski definition) is 2. The molecule has 2 N–H and O–H groups in total. The zero-order valence-corrected chi connectivity index (χ0v) is 16.9. The number of likely N-dealkylation sites (tertiary alicyclic amines) is 1. The van der Waals surface area contributed by atoms with Gasteiger partial charge in [-0.05, 0) is 37.0 Å². The van der Waals surface area contributed by atoms with E-state index in [2.05, 4.69) is 39.8 Å². The van der Waals surface area contributed by atoms with Crippen molar-refractivity contribution < 1.29 is 9.59 Å². The molecule has 1 heterocycles. The van der Waals surface area contributed by atoms with Gasteiger partial charge in [-0.3, -0.25) is 14.5 Å². The van der Waals surface area contributed by atoms with Crippen molar-refractivity contribution in [3.8, 4) is 0 Å². The van der Waals surface area contributed by atoms with E-state index in [1.165, 1.54) is 11.6 Å². The summed E-state index contributed by atoms with van der Waals surface area (Å²) in [6.07, 6.45) is 5.05. The van der Waals surface area contributed by atoms with Gasteiger partial charge in [0.25, 0.3) is 0 Å². The predicted octanol–water partition coefficient (Wildman–Crippen LogP) is 2.99. The zero-order valence-electron chi connectivity index (χ0n) is 16.9. The summed E-state index contributed by atoms with van der Waals surface area (Å²) in [4.78, 5) is 26.9. The van der Waals surface area contributed by atoms with Gasteiger partial charge >= 0.3 is 0 Å².